The first-order valence-electron chi connectivity index (χ1n) is 4.82. The highest BCUT2D eigenvalue weighted by molar-refractivity contribution is 5.66. The number of esters is 1. The van der Waals surface area contributed by atoms with Gasteiger partial charge in [-0.05, 0) is 39.7 Å². The van der Waals surface area contributed by atoms with Crippen molar-refractivity contribution in [3.8, 4) is 0 Å². The average Bonchev–Trinajstić information content (AvgIpc) is 2.02. The van der Waals surface area contributed by atoms with Crippen LogP contribution < -0.4 is 0 Å². The van der Waals surface area contributed by atoms with Crippen molar-refractivity contribution < 1.29 is 9.53 Å². The maximum atomic E-state index is 10.4. The number of carbonyl (C=O) groups excluding carboxylic acids is 1. The topological polar surface area (TPSA) is 26.3 Å². The molecule has 1 radical (unpaired) electrons. The molecule has 0 unspecified atom stereocenters. The molecule has 0 bridgehead atoms. The van der Waals surface area contributed by atoms with Crippen LogP contribution in [0, 0.1) is 6.61 Å². The van der Waals surface area contributed by atoms with Crippen LogP contribution in [0.1, 0.15) is 40.5 Å². The number of ether oxygens (including phenoxy) is 1. The van der Waals surface area contributed by atoms with Crippen LogP contribution in [-0.2, 0) is 9.53 Å². The summed E-state index contributed by atoms with van der Waals surface area (Å²) in [5, 5.41) is 0. The van der Waals surface area contributed by atoms with Crippen molar-refractivity contribution in [2.75, 3.05) is 0 Å². The Kier molecular flexibility index (Phi) is 6.81. The summed E-state index contributed by atoms with van der Waals surface area (Å²) in [6.45, 7) is 9.04. The van der Waals surface area contributed by atoms with Crippen molar-refractivity contribution in [3.63, 3.8) is 0 Å². The second-order valence-electron chi connectivity index (χ2n) is 3.58. The van der Waals surface area contributed by atoms with E-state index in [1.165, 1.54) is 24.7 Å². The van der Waals surface area contributed by atoms with Crippen molar-refractivity contribution in [3.05, 3.63) is 29.9 Å². The third kappa shape index (κ3) is 9.04. The Balaban J connectivity index is 3.67. The summed E-state index contributed by atoms with van der Waals surface area (Å²) in [6, 6.07) is 0. The van der Waals surface area contributed by atoms with Crippen LogP contribution in [0.3, 0.4) is 0 Å². The van der Waals surface area contributed by atoms with Crippen molar-refractivity contribution in [2.24, 2.45) is 0 Å². The fraction of sp³-hybridized carbons (Fsp3) is 0.500. The number of hydrogen-bond acceptors (Lipinski definition) is 2. The summed E-state index contributed by atoms with van der Waals surface area (Å²) in [6.07, 6.45) is 6.07. The first kappa shape index (κ1) is 12.9. The summed E-state index contributed by atoms with van der Waals surface area (Å²) >= 11 is 0. The van der Waals surface area contributed by atoms with Crippen molar-refractivity contribution >= 4 is 5.97 Å². The maximum absolute atomic E-state index is 10.4. The molecular formula is C12H19O2. The standard InChI is InChI=1S/C12H19O2/c1-10(2)6-5-7-11(3)8-9-14-12(4)13/h6,8-9H,5,7H2,1-4H3/b11-8+. The summed E-state index contributed by atoms with van der Waals surface area (Å²) in [5.41, 5.74) is 2.55. The van der Waals surface area contributed by atoms with E-state index in [0.717, 1.165) is 12.8 Å². The van der Waals surface area contributed by atoms with Crippen LogP contribution in [0.15, 0.2) is 23.3 Å². The first-order chi connectivity index (χ1) is 6.52. The molecule has 0 N–H and O–H groups in total. The molecule has 0 spiro atoms. The molecule has 0 amide bonds. The molecule has 0 aromatic rings. The number of allylic oxidation sites excluding steroid dienone is 3. The van der Waals surface area contributed by atoms with Gasteiger partial charge in [0, 0.05) is 6.92 Å². The lowest BCUT2D eigenvalue weighted by Gasteiger charge is -1.99. The van der Waals surface area contributed by atoms with E-state index in [2.05, 4.69) is 24.7 Å². The molecule has 0 saturated carbocycles. The lowest BCUT2D eigenvalue weighted by atomic mass is 10.1. The predicted octanol–water partition coefficient (Wildman–Crippen LogP) is 3.40. The van der Waals surface area contributed by atoms with Crippen molar-refractivity contribution in [1.82, 2.24) is 0 Å². The molecule has 2 nitrogen and oxygen atoms in total. The molecule has 0 aliphatic heterocycles. The number of carbonyl (C=O) groups is 1. The minimum absolute atomic E-state index is 0.279. The molecule has 0 aliphatic rings. The molecule has 0 aromatic heterocycles. The number of rotatable bonds is 5. The first-order valence-corrected chi connectivity index (χ1v) is 4.82. The van der Waals surface area contributed by atoms with Crippen LogP contribution >= 0.6 is 0 Å². The van der Waals surface area contributed by atoms with Gasteiger partial charge in [0.1, 0.15) is 0 Å². The minimum atomic E-state index is -0.279. The summed E-state index contributed by atoms with van der Waals surface area (Å²) in [5.74, 6) is -0.279. The normalized spacial score (nSPS) is 11.0. The van der Waals surface area contributed by atoms with Crippen LogP contribution in [0.5, 0.6) is 0 Å². The van der Waals surface area contributed by atoms with Gasteiger partial charge in [-0.15, -0.1) is 0 Å². The van der Waals surface area contributed by atoms with Gasteiger partial charge in [0.2, 0.25) is 0 Å². The van der Waals surface area contributed by atoms with E-state index in [-0.39, 0.29) is 5.97 Å². The minimum Gasteiger partial charge on any atom is -0.454 e. The Hall–Kier alpha value is -1.05. The van der Waals surface area contributed by atoms with Crippen LogP contribution in [0.25, 0.3) is 0 Å². The van der Waals surface area contributed by atoms with Crippen molar-refractivity contribution in [1.29, 1.82) is 0 Å². The van der Waals surface area contributed by atoms with Gasteiger partial charge in [-0.2, -0.15) is 0 Å². The smallest absolute Gasteiger partial charge is 0.303 e. The summed E-state index contributed by atoms with van der Waals surface area (Å²) in [7, 11) is 0. The quantitative estimate of drug-likeness (QED) is 0.496. The largest absolute Gasteiger partial charge is 0.454 e. The zero-order valence-corrected chi connectivity index (χ0v) is 9.46. The fourth-order valence-electron chi connectivity index (χ4n) is 0.918. The van der Waals surface area contributed by atoms with Crippen LogP contribution in [-0.4, -0.2) is 5.97 Å². The van der Waals surface area contributed by atoms with Gasteiger partial charge in [-0.25, -0.2) is 0 Å². The highest BCUT2D eigenvalue weighted by atomic mass is 16.5. The van der Waals surface area contributed by atoms with E-state index in [1.807, 2.05) is 13.0 Å². The summed E-state index contributed by atoms with van der Waals surface area (Å²) in [4.78, 5) is 10.4. The van der Waals surface area contributed by atoms with E-state index in [4.69, 9.17) is 0 Å². The monoisotopic (exact) mass is 195 g/mol. The van der Waals surface area contributed by atoms with E-state index >= 15 is 0 Å². The Morgan fingerprint density at radius 3 is 2.36 bits per heavy atom. The molecule has 2 heteroatoms. The molecule has 14 heavy (non-hydrogen) atoms. The molecule has 0 aromatic carbocycles. The average molecular weight is 195 g/mol. The highest BCUT2D eigenvalue weighted by Gasteiger charge is 1.92. The van der Waals surface area contributed by atoms with Crippen molar-refractivity contribution in [2.45, 2.75) is 40.5 Å². The lowest BCUT2D eigenvalue weighted by Crippen LogP contribution is -1.93. The third-order valence-corrected chi connectivity index (χ3v) is 1.68. The number of hydrogen-bond donors (Lipinski definition) is 0. The molecular weight excluding hydrogens is 176 g/mol. The molecule has 0 heterocycles. The van der Waals surface area contributed by atoms with E-state index in [1.54, 1.807) is 0 Å². The Morgan fingerprint density at radius 2 is 1.86 bits per heavy atom. The lowest BCUT2D eigenvalue weighted by molar-refractivity contribution is -0.136. The molecule has 0 saturated heterocycles. The molecule has 79 valence electrons. The van der Waals surface area contributed by atoms with E-state index < -0.39 is 0 Å². The van der Waals surface area contributed by atoms with Gasteiger partial charge in [-0.1, -0.05) is 17.2 Å². The predicted molar refractivity (Wildman–Crippen MR) is 58.5 cm³/mol. The second kappa shape index (κ2) is 7.36. The van der Waals surface area contributed by atoms with Gasteiger partial charge >= 0.3 is 5.97 Å². The van der Waals surface area contributed by atoms with E-state index in [0.29, 0.717) is 0 Å². The molecule has 0 aliphatic carbocycles. The maximum Gasteiger partial charge on any atom is 0.303 e. The molecule has 0 fully saturated rings. The Labute approximate surface area is 86.6 Å². The fourth-order valence-corrected chi connectivity index (χ4v) is 0.918. The van der Waals surface area contributed by atoms with E-state index in [9.17, 15) is 4.79 Å². The van der Waals surface area contributed by atoms with Gasteiger partial charge in [-0.3, -0.25) is 4.79 Å². The highest BCUT2D eigenvalue weighted by Crippen LogP contribution is 2.07. The second-order valence-corrected chi connectivity index (χ2v) is 3.58. The SMILES string of the molecule is CC(=O)O[CH]/C=C(\C)CCC=C(C)C. The summed E-state index contributed by atoms with van der Waals surface area (Å²) < 4.78 is 4.68. The van der Waals surface area contributed by atoms with Gasteiger partial charge in [0.05, 0.1) is 0 Å². The zero-order chi connectivity index (χ0) is 11.0. The van der Waals surface area contributed by atoms with Crippen LogP contribution in [0.4, 0.5) is 0 Å². The third-order valence-electron chi connectivity index (χ3n) is 1.68. The Bertz CT molecular complexity index is 233. The van der Waals surface area contributed by atoms with Gasteiger partial charge in [0.15, 0.2) is 6.61 Å². The van der Waals surface area contributed by atoms with Gasteiger partial charge in [0.25, 0.3) is 0 Å². The zero-order valence-electron chi connectivity index (χ0n) is 9.46. The van der Waals surface area contributed by atoms with Crippen LogP contribution in [0.2, 0.25) is 0 Å². The molecule has 0 rings (SSSR count). The van der Waals surface area contributed by atoms with Gasteiger partial charge < -0.3 is 4.74 Å². The Morgan fingerprint density at radius 1 is 1.21 bits per heavy atom. The molecule has 0 atom stereocenters.